The predicted molar refractivity (Wildman–Crippen MR) is 40.9 cm³/mol. The molecule has 0 N–H and O–H groups in total. The van der Waals surface area contributed by atoms with Crippen LogP contribution in [0.2, 0.25) is 0 Å². The lowest BCUT2D eigenvalue weighted by molar-refractivity contribution is -0.0883. The summed E-state index contributed by atoms with van der Waals surface area (Å²) >= 11 is 0. The summed E-state index contributed by atoms with van der Waals surface area (Å²) in [6.07, 6.45) is 0.0156. The molecule has 2 atom stereocenters. The molecule has 3 heteroatoms. The van der Waals surface area contributed by atoms with Gasteiger partial charge in [-0.1, -0.05) is 0 Å². The molecule has 0 aromatic rings. The van der Waals surface area contributed by atoms with Crippen LogP contribution in [-0.4, -0.2) is 30.0 Å². The maximum absolute atomic E-state index is 12.9. The lowest BCUT2D eigenvalue weighted by Gasteiger charge is -2.39. The minimum atomic E-state index is -2.44. The van der Waals surface area contributed by atoms with Gasteiger partial charge in [-0.05, 0) is 20.9 Å². The number of piperidine rings is 1. The number of nitrogens with zero attached hydrogens (tertiary/aromatic N) is 1. The van der Waals surface area contributed by atoms with Gasteiger partial charge in [0, 0.05) is 24.9 Å². The van der Waals surface area contributed by atoms with Crippen LogP contribution in [0.25, 0.3) is 0 Å². The summed E-state index contributed by atoms with van der Waals surface area (Å²) in [4.78, 5) is 2.01. The summed E-state index contributed by atoms with van der Waals surface area (Å²) < 4.78 is 25.7. The van der Waals surface area contributed by atoms with Gasteiger partial charge >= 0.3 is 0 Å². The summed E-state index contributed by atoms with van der Waals surface area (Å²) in [5.74, 6) is -2.44. The van der Waals surface area contributed by atoms with Crippen molar-refractivity contribution in [3.63, 3.8) is 0 Å². The van der Waals surface area contributed by atoms with Gasteiger partial charge < -0.3 is 4.90 Å². The van der Waals surface area contributed by atoms with Gasteiger partial charge in [0.05, 0.1) is 0 Å². The molecular weight excluding hydrogens is 148 g/mol. The molecule has 0 bridgehead atoms. The fraction of sp³-hybridized carbons (Fsp3) is 1.00. The van der Waals surface area contributed by atoms with E-state index in [2.05, 4.69) is 0 Å². The number of alkyl halides is 2. The van der Waals surface area contributed by atoms with Crippen molar-refractivity contribution in [1.29, 1.82) is 0 Å². The lowest BCUT2D eigenvalue weighted by atomic mass is 9.95. The van der Waals surface area contributed by atoms with Crippen LogP contribution in [0.5, 0.6) is 0 Å². The van der Waals surface area contributed by atoms with Crippen molar-refractivity contribution in [1.82, 2.24) is 4.90 Å². The molecule has 0 aliphatic carbocycles. The Balaban J connectivity index is 2.62. The Labute approximate surface area is 66.4 Å². The van der Waals surface area contributed by atoms with Crippen molar-refractivity contribution in [2.45, 2.75) is 44.7 Å². The average Bonchev–Trinajstić information content (AvgIpc) is 1.81. The van der Waals surface area contributed by atoms with E-state index in [-0.39, 0.29) is 24.9 Å². The summed E-state index contributed by atoms with van der Waals surface area (Å²) in [5, 5.41) is 0. The van der Waals surface area contributed by atoms with Crippen LogP contribution in [0, 0.1) is 0 Å². The third-order valence-corrected chi connectivity index (χ3v) is 2.58. The largest absolute Gasteiger partial charge is 0.301 e. The Hall–Kier alpha value is -0.180. The zero-order valence-corrected chi connectivity index (χ0v) is 7.27. The third kappa shape index (κ3) is 1.89. The van der Waals surface area contributed by atoms with E-state index in [0.29, 0.717) is 0 Å². The molecule has 0 spiro atoms. The molecule has 1 aliphatic rings. The zero-order chi connectivity index (χ0) is 8.65. The predicted octanol–water partition coefficient (Wildman–Crippen LogP) is 2.12. The van der Waals surface area contributed by atoms with Gasteiger partial charge in [0.15, 0.2) is 0 Å². The van der Waals surface area contributed by atoms with E-state index >= 15 is 0 Å². The van der Waals surface area contributed by atoms with Crippen LogP contribution < -0.4 is 0 Å². The van der Waals surface area contributed by atoms with Crippen molar-refractivity contribution in [3.8, 4) is 0 Å². The topological polar surface area (TPSA) is 3.24 Å². The maximum Gasteiger partial charge on any atom is 0.251 e. The Morgan fingerprint density at radius 1 is 1.18 bits per heavy atom. The van der Waals surface area contributed by atoms with Crippen LogP contribution in [0.15, 0.2) is 0 Å². The molecule has 0 aromatic carbocycles. The smallest absolute Gasteiger partial charge is 0.251 e. The minimum Gasteiger partial charge on any atom is -0.301 e. The molecule has 0 radical (unpaired) electrons. The molecule has 1 heterocycles. The van der Waals surface area contributed by atoms with Gasteiger partial charge in [-0.3, -0.25) is 0 Å². The molecule has 66 valence electrons. The molecule has 1 saturated heterocycles. The van der Waals surface area contributed by atoms with Crippen molar-refractivity contribution in [2.75, 3.05) is 7.05 Å². The summed E-state index contributed by atoms with van der Waals surface area (Å²) in [7, 11) is 1.91. The summed E-state index contributed by atoms with van der Waals surface area (Å²) in [6, 6.07) is 0.0162. The number of likely N-dealkylation sites (tertiary alicyclic amines) is 1. The normalized spacial score (nSPS) is 39.0. The summed E-state index contributed by atoms with van der Waals surface area (Å²) in [6.45, 7) is 3.70. The Morgan fingerprint density at radius 3 is 1.91 bits per heavy atom. The van der Waals surface area contributed by atoms with Gasteiger partial charge in [-0.25, -0.2) is 8.78 Å². The first-order chi connectivity index (χ1) is 4.92. The molecule has 0 amide bonds. The standard InChI is InChI=1S/C8H15F2N/c1-6-4-8(9,10)5-7(2)11(6)3/h6-7H,4-5H2,1-3H3. The van der Waals surface area contributed by atoms with Gasteiger partial charge in [0.2, 0.25) is 0 Å². The minimum absolute atomic E-state index is 0.00778. The van der Waals surface area contributed by atoms with Crippen molar-refractivity contribution in [3.05, 3.63) is 0 Å². The number of halogens is 2. The molecule has 11 heavy (non-hydrogen) atoms. The fourth-order valence-corrected chi connectivity index (χ4v) is 1.67. The molecule has 1 fully saturated rings. The zero-order valence-electron chi connectivity index (χ0n) is 7.27. The lowest BCUT2D eigenvalue weighted by Crippen LogP contribution is -2.48. The molecule has 1 rings (SSSR count). The van der Waals surface area contributed by atoms with Crippen LogP contribution >= 0.6 is 0 Å². The van der Waals surface area contributed by atoms with E-state index in [1.807, 2.05) is 25.8 Å². The number of rotatable bonds is 0. The van der Waals surface area contributed by atoms with Gasteiger partial charge in [-0.2, -0.15) is 0 Å². The van der Waals surface area contributed by atoms with Crippen molar-refractivity contribution in [2.24, 2.45) is 0 Å². The van der Waals surface area contributed by atoms with E-state index in [0.717, 1.165) is 0 Å². The van der Waals surface area contributed by atoms with E-state index in [9.17, 15) is 8.78 Å². The maximum atomic E-state index is 12.9. The molecule has 2 unspecified atom stereocenters. The number of hydrogen-bond acceptors (Lipinski definition) is 1. The second kappa shape index (κ2) is 2.70. The van der Waals surface area contributed by atoms with Crippen LogP contribution in [0.3, 0.4) is 0 Å². The quantitative estimate of drug-likeness (QED) is 0.528. The highest BCUT2D eigenvalue weighted by molar-refractivity contribution is 4.86. The van der Waals surface area contributed by atoms with E-state index in [4.69, 9.17) is 0 Å². The second-order valence-corrected chi connectivity index (χ2v) is 3.63. The Morgan fingerprint density at radius 2 is 1.55 bits per heavy atom. The highest BCUT2D eigenvalue weighted by Gasteiger charge is 2.40. The van der Waals surface area contributed by atoms with Gasteiger partial charge in [0.25, 0.3) is 5.92 Å². The molecule has 0 saturated carbocycles. The Bertz CT molecular complexity index is 133. The van der Waals surface area contributed by atoms with Gasteiger partial charge in [-0.15, -0.1) is 0 Å². The second-order valence-electron chi connectivity index (χ2n) is 3.63. The van der Waals surface area contributed by atoms with E-state index in [1.54, 1.807) is 0 Å². The third-order valence-electron chi connectivity index (χ3n) is 2.58. The molecule has 1 aliphatic heterocycles. The van der Waals surface area contributed by atoms with Crippen LogP contribution in [0.1, 0.15) is 26.7 Å². The molecule has 1 nitrogen and oxygen atoms in total. The SMILES string of the molecule is CC1CC(F)(F)CC(C)N1C. The van der Waals surface area contributed by atoms with Crippen LogP contribution in [0.4, 0.5) is 8.78 Å². The fourth-order valence-electron chi connectivity index (χ4n) is 1.67. The average molecular weight is 163 g/mol. The molecule has 0 aromatic heterocycles. The Kier molecular flexibility index (Phi) is 2.19. The van der Waals surface area contributed by atoms with E-state index in [1.165, 1.54) is 0 Å². The highest BCUT2D eigenvalue weighted by Crippen LogP contribution is 2.34. The van der Waals surface area contributed by atoms with Crippen molar-refractivity contribution >= 4 is 0 Å². The first kappa shape index (κ1) is 8.91. The monoisotopic (exact) mass is 163 g/mol. The van der Waals surface area contributed by atoms with E-state index < -0.39 is 5.92 Å². The first-order valence-corrected chi connectivity index (χ1v) is 4.02. The van der Waals surface area contributed by atoms with Crippen molar-refractivity contribution < 1.29 is 8.78 Å². The van der Waals surface area contributed by atoms with Gasteiger partial charge in [0.1, 0.15) is 0 Å². The highest BCUT2D eigenvalue weighted by atomic mass is 19.3. The first-order valence-electron chi connectivity index (χ1n) is 4.02. The van der Waals surface area contributed by atoms with Crippen LogP contribution in [-0.2, 0) is 0 Å². The summed E-state index contributed by atoms with van der Waals surface area (Å²) in [5.41, 5.74) is 0. The number of hydrogen-bond donors (Lipinski definition) is 0. The molecular formula is C8H15F2N.